The number of hydrogen-bond acceptors (Lipinski definition) is 2. The van der Waals surface area contributed by atoms with Crippen LogP contribution in [0.15, 0.2) is 24.3 Å². The van der Waals surface area contributed by atoms with E-state index in [9.17, 15) is 13.9 Å². The number of alkyl halides is 2. The zero-order valence-electron chi connectivity index (χ0n) is 10.2. The van der Waals surface area contributed by atoms with Crippen LogP contribution in [0, 0.1) is 0 Å². The predicted octanol–water partition coefficient (Wildman–Crippen LogP) is 2.75. The summed E-state index contributed by atoms with van der Waals surface area (Å²) in [5.41, 5.74) is 2.66. The maximum absolute atomic E-state index is 11.8. The molecule has 1 aliphatic rings. The van der Waals surface area contributed by atoms with Crippen LogP contribution in [0.5, 0.6) is 0 Å². The van der Waals surface area contributed by atoms with Gasteiger partial charge in [0, 0.05) is 6.61 Å². The number of aliphatic hydroxyl groups excluding tert-OH is 1. The van der Waals surface area contributed by atoms with Gasteiger partial charge < -0.3 is 9.84 Å². The fraction of sp³-hybridized carbons (Fsp3) is 0.571. The number of ether oxygens (including phenoxy) is 1. The molecule has 18 heavy (non-hydrogen) atoms. The van der Waals surface area contributed by atoms with E-state index in [0.29, 0.717) is 18.8 Å². The van der Waals surface area contributed by atoms with Gasteiger partial charge in [0.25, 0.3) is 6.43 Å². The lowest BCUT2D eigenvalue weighted by Crippen LogP contribution is -2.23. The van der Waals surface area contributed by atoms with E-state index in [4.69, 9.17) is 4.74 Å². The first kappa shape index (κ1) is 13.4. The van der Waals surface area contributed by atoms with E-state index in [1.807, 2.05) is 12.1 Å². The van der Waals surface area contributed by atoms with Gasteiger partial charge in [0.05, 0.1) is 6.10 Å². The van der Waals surface area contributed by atoms with Crippen molar-refractivity contribution in [1.82, 2.24) is 0 Å². The van der Waals surface area contributed by atoms with E-state index in [1.54, 1.807) is 0 Å². The van der Waals surface area contributed by atoms with Gasteiger partial charge in [0.1, 0.15) is 6.61 Å². The highest BCUT2D eigenvalue weighted by Gasteiger charge is 2.27. The Morgan fingerprint density at radius 3 is 2.83 bits per heavy atom. The van der Waals surface area contributed by atoms with Gasteiger partial charge in [-0.05, 0) is 36.3 Å². The van der Waals surface area contributed by atoms with Gasteiger partial charge in [-0.3, -0.25) is 0 Å². The zero-order valence-corrected chi connectivity index (χ0v) is 10.2. The Kier molecular flexibility index (Phi) is 4.66. The highest BCUT2D eigenvalue weighted by atomic mass is 19.3. The molecule has 0 heterocycles. The molecule has 100 valence electrons. The zero-order chi connectivity index (χ0) is 13.0. The van der Waals surface area contributed by atoms with Crippen molar-refractivity contribution in [2.45, 2.75) is 37.7 Å². The van der Waals surface area contributed by atoms with E-state index < -0.39 is 19.1 Å². The van der Waals surface area contributed by atoms with Gasteiger partial charge >= 0.3 is 0 Å². The molecule has 1 aromatic carbocycles. The van der Waals surface area contributed by atoms with Crippen LogP contribution in [-0.2, 0) is 11.2 Å². The number of halogens is 2. The van der Waals surface area contributed by atoms with E-state index >= 15 is 0 Å². The average molecular weight is 256 g/mol. The van der Waals surface area contributed by atoms with Crippen molar-refractivity contribution in [2.24, 2.45) is 0 Å². The van der Waals surface area contributed by atoms with Gasteiger partial charge in [0.15, 0.2) is 0 Å². The van der Waals surface area contributed by atoms with Crippen LogP contribution in [0.3, 0.4) is 0 Å². The van der Waals surface area contributed by atoms with Crippen molar-refractivity contribution in [3.63, 3.8) is 0 Å². The summed E-state index contributed by atoms with van der Waals surface area (Å²) in [6, 6.07) is 8.21. The highest BCUT2D eigenvalue weighted by molar-refractivity contribution is 5.39. The number of aliphatic hydroxyl groups is 1. The number of hydrogen-bond donors (Lipinski definition) is 1. The number of rotatable bonds is 7. The Morgan fingerprint density at radius 1 is 1.33 bits per heavy atom. The van der Waals surface area contributed by atoms with E-state index in [0.717, 1.165) is 6.42 Å². The van der Waals surface area contributed by atoms with Crippen molar-refractivity contribution >= 4 is 0 Å². The van der Waals surface area contributed by atoms with Crippen LogP contribution in [0.25, 0.3) is 0 Å². The monoisotopic (exact) mass is 256 g/mol. The molecule has 1 aromatic rings. The second-order valence-electron chi connectivity index (χ2n) is 4.74. The Labute approximate surface area is 106 Å². The van der Waals surface area contributed by atoms with Crippen LogP contribution in [0.1, 0.15) is 29.9 Å². The fourth-order valence-corrected chi connectivity index (χ4v) is 2.41. The molecule has 2 nitrogen and oxygen atoms in total. The molecular weight excluding hydrogens is 238 g/mol. The minimum atomic E-state index is -2.43. The molecule has 0 saturated heterocycles. The van der Waals surface area contributed by atoms with E-state index in [2.05, 4.69) is 12.1 Å². The SMILES string of the molecule is OC(CCOCC(F)F)CC1Cc2ccccc21. The lowest BCUT2D eigenvalue weighted by Gasteiger charge is -2.31. The molecule has 0 fully saturated rings. The Bertz CT molecular complexity index is 382. The third-order valence-electron chi connectivity index (χ3n) is 3.36. The molecule has 2 rings (SSSR count). The first-order valence-corrected chi connectivity index (χ1v) is 6.28. The standard InChI is InChI=1S/C14H18F2O2/c15-14(16)9-18-6-5-12(17)8-11-7-10-3-1-2-4-13(10)11/h1-4,11-12,14,17H,5-9H2. The maximum Gasteiger partial charge on any atom is 0.261 e. The minimum Gasteiger partial charge on any atom is -0.393 e. The van der Waals surface area contributed by atoms with Crippen molar-refractivity contribution < 1.29 is 18.6 Å². The molecule has 0 saturated carbocycles. The summed E-state index contributed by atoms with van der Waals surface area (Å²) in [6.45, 7) is -0.348. The van der Waals surface area contributed by atoms with Crippen LogP contribution < -0.4 is 0 Å². The second-order valence-corrected chi connectivity index (χ2v) is 4.74. The van der Waals surface area contributed by atoms with Crippen molar-refractivity contribution in [2.75, 3.05) is 13.2 Å². The molecule has 1 aliphatic carbocycles. The largest absolute Gasteiger partial charge is 0.393 e. The summed E-state index contributed by atoms with van der Waals surface area (Å²) in [7, 11) is 0. The van der Waals surface area contributed by atoms with Crippen LogP contribution in [0.2, 0.25) is 0 Å². The smallest absolute Gasteiger partial charge is 0.261 e. The molecule has 1 N–H and O–H groups in total. The van der Waals surface area contributed by atoms with E-state index in [1.165, 1.54) is 11.1 Å². The van der Waals surface area contributed by atoms with Crippen molar-refractivity contribution in [3.05, 3.63) is 35.4 Å². The predicted molar refractivity (Wildman–Crippen MR) is 65.0 cm³/mol. The first-order chi connectivity index (χ1) is 8.66. The molecule has 0 radical (unpaired) electrons. The minimum absolute atomic E-state index is 0.194. The van der Waals surface area contributed by atoms with Crippen LogP contribution >= 0.6 is 0 Å². The first-order valence-electron chi connectivity index (χ1n) is 6.28. The topological polar surface area (TPSA) is 29.5 Å². The maximum atomic E-state index is 11.8. The third kappa shape index (κ3) is 3.50. The molecule has 2 unspecified atom stereocenters. The molecule has 4 heteroatoms. The number of benzene rings is 1. The Balaban J connectivity index is 1.66. The summed E-state index contributed by atoms with van der Waals surface area (Å²) in [5, 5.41) is 9.81. The quantitative estimate of drug-likeness (QED) is 0.760. The summed E-state index contributed by atoms with van der Waals surface area (Å²) in [6.07, 6.45) is -0.785. The average Bonchev–Trinajstić information content (AvgIpc) is 2.31. The normalized spacial score (nSPS) is 19.4. The lowest BCUT2D eigenvalue weighted by atomic mass is 9.74. The summed E-state index contributed by atoms with van der Waals surface area (Å²) in [4.78, 5) is 0. The van der Waals surface area contributed by atoms with Gasteiger partial charge in [0.2, 0.25) is 0 Å². The molecule has 2 atom stereocenters. The summed E-state index contributed by atoms with van der Waals surface area (Å²) < 4.78 is 28.4. The van der Waals surface area contributed by atoms with Crippen LogP contribution in [-0.4, -0.2) is 30.8 Å². The van der Waals surface area contributed by atoms with E-state index in [-0.39, 0.29) is 6.61 Å². The van der Waals surface area contributed by atoms with Gasteiger partial charge in [-0.25, -0.2) is 8.78 Å². The highest BCUT2D eigenvalue weighted by Crippen LogP contribution is 2.38. The summed E-state index contributed by atoms with van der Waals surface area (Å²) in [5.74, 6) is 0.409. The van der Waals surface area contributed by atoms with Crippen molar-refractivity contribution in [3.8, 4) is 0 Å². The molecule has 0 aromatic heterocycles. The molecule has 0 bridgehead atoms. The molecule has 0 aliphatic heterocycles. The molecular formula is C14H18F2O2. The Morgan fingerprint density at radius 2 is 2.11 bits per heavy atom. The van der Waals surface area contributed by atoms with Crippen LogP contribution in [0.4, 0.5) is 8.78 Å². The molecule has 0 spiro atoms. The second kappa shape index (κ2) is 6.25. The lowest BCUT2D eigenvalue weighted by molar-refractivity contribution is 0.00329. The fourth-order valence-electron chi connectivity index (χ4n) is 2.41. The van der Waals surface area contributed by atoms with Gasteiger partial charge in [-0.1, -0.05) is 24.3 Å². The Hall–Kier alpha value is -1.00. The van der Waals surface area contributed by atoms with Gasteiger partial charge in [-0.15, -0.1) is 0 Å². The third-order valence-corrected chi connectivity index (χ3v) is 3.36. The van der Waals surface area contributed by atoms with Gasteiger partial charge in [-0.2, -0.15) is 0 Å². The van der Waals surface area contributed by atoms with Crippen molar-refractivity contribution in [1.29, 1.82) is 0 Å². The summed E-state index contributed by atoms with van der Waals surface area (Å²) >= 11 is 0. The molecule has 0 amide bonds. The number of fused-ring (bicyclic) bond motifs is 1.